The van der Waals surface area contributed by atoms with Gasteiger partial charge in [0.25, 0.3) is 0 Å². The fourth-order valence-electron chi connectivity index (χ4n) is 3.16. The van der Waals surface area contributed by atoms with E-state index in [0.717, 1.165) is 19.3 Å². The quantitative estimate of drug-likeness (QED) is 0.821. The van der Waals surface area contributed by atoms with Gasteiger partial charge >= 0.3 is 0 Å². The van der Waals surface area contributed by atoms with Crippen molar-refractivity contribution in [1.82, 2.24) is 0 Å². The Morgan fingerprint density at radius 2 is 1.75 bits per heavy atom. The molecule has 2 rings (SSSR count). The van der Waals surface area contributed by atoms with Gasteiger partial charge in [0.15, 0.2) is 0 Å². The van der Waals surface area contributed by atoms with Gasteiger partial charge in [-0.15, -0.1) is 0 Å². The van der Waals surface area contributed by atoms with Crippen LogP contribution in [0.5, 0.6) is 0 Å². The van der Waals surface area contributed by atoms with E-state index in [2.05, 4.69) is 37.3 Å². The summed E-state index contributed by atoms with van der Waals surface area (Å²) in [7, 11) is 0. The van der Waals surface area contributed by atoms with E-state index in [0.29, 0.717) is 0 Å². The Labute approximate surface area is 98.5 Å². The third-order valence-electron chi connectivity index (χ3n) is 4.12. The van der Waals surface area contributed by atoms with Crippen molar-refractivity contribution in [3.05, 3.63) is 35.9 Å². The highest BCUT2D eigenvalue weighted by Crippen LogP contribution is 2.42. The smallest absolute Gasteiger partial charge is 0.0634 e. The van der Waals surface area contributed by atoms with Crippen LogP contribution in [0.4, 0.5) is 0 Å². The van der Waals surface area contributed by atoms with Gasteiger partial charge in [-0.25, -0.2) is 0 Å². The maximum Gasteiger partial charge on any atom is 0.0634 e. The molecule has 16 heavy (non-hydrogen) atoms. The Morgan fingerprint density at radius 1 is 1.12 bits per heavy atom. The van der Waals surface area contributed by atoms with Crippen molar-refractivity contribution in [3.63, 3.8) is 0 Å². The molecule has 0 bridgehead atoms. The fraction of sp³-hybridized carbons (Fsp3) is 0.600. The Bertz CT molecular complexity index is 311. The second-order valence-corrected chi connectivity index (χ2v) is 5.01. The van der Waals surface area contributed by atoms with E-state index in [4.69, 9.17) is 0 Å². The molecule has 0 saturated heterocycles. The number of rotatable bonds is 3. The van der Waals surface area contributed by atoms with Gasteiger partial charge in [-0.3, -0.25) is 0 Å². The first-order valence-electron chi connectivity index (χ1n) is 6.53. The molecule has 1 aliphatic rings. The molecular formula is C15H22O. The van der Waals surface area contributed by atoms with Crippen LogP contribution in [0.2, 0.25) is 0 Å². The summed E-state index contributed by atoms with van der Waals surface area (Å²) in [5.74, 6) is 0. The maximum absolute atomic E-state index is 10.4. The van der Waals surface area contributed by atoms with E-state index in [-0.39, 0.29) is 11.5 Å². The average Bonchev–Trinajstić information content (AvgIpc) is 2.39. The van der Waals surface area contributed by atoms with Crippen LogP contribution in [0.1, 0.15) is 51.0 Å². The normalized spacial score (nSPS) is 21.6. The van der Waals surface area contributed by atoms with E-state index in [9.17, 15) is 5.11 Å². The zero-order chi connectivity index (χ0) is 11.4. The van der Waals surface area contributed by atoms with Gasteiger partial charge in [0, 0.05) is 5.41 Å². The lowest BCUT2D eigenvalue weighted by molar-refractivity contribution is 0.0508. The van der Waals surface area contributed by atoms with Crippen molar-refractivity contribution in [3.8, 4) is 0 Å². The van der Waals surface area contributed by atoms with Gasteiger partial charge in [-0.1, -0.05) is 56.5 Å². The van der Waals surface area contributed by atoms with Crippen LogP contribution in [-0.2, 0) is 5.41 Å². The highest BCUT2D eigenvalue weighted by atomic mass is 16.3. The molecule has 1 atom stereocenters. The van der Waals surface area contributed by atoms with Crippen LogP contribution in [-0.4, -0.2) is 11.2 Å². The van der Waals surface area contributed by atoms with Crippen LogP contribution in [0.25, 0.3) is 0 Å². The molecule has 0 spiro atoms. The number of hydrogen-bond donors (Lipinski definition) is 1. The van der Waals surface area contributed by atoms with E-state index in [1.54, 1.807) is 0 Å². The van der Waals surface area contributed by atoms with Crippen LogP contribution in [0, 0.1) is 0 Å². The molecule has 0 unspecified atom stereocenters. The molecule has 0 aliphatic heterocycles. The molecule has 0 radical (unpaired) electrons. The molecule has 0 heterocycles. The first kappa shape index (κ1) is 11.7. The van der Waals surface area contributed by atoms with Crippen LogP contribution < -0.4 is 0 Å². The Balaban J connectivity index is 2.34. The van der Waals surface area contributed by atoms with Gasteiger partial charge in [-0.2, -0.15) is 0 Å². The molecule has 1 aromatic carbocycles. The molecule has 88 valence electrons. The van der Waals surface area contributed by atoms with Crippen molar-refractivity contribution in [2.75, 3.05) is 0 Å². The number of aliphatic hydroxyl groups is 1. The van der Waals surface area contributed by atoms with E-state index < -0.39 is 0 Å². The lowest BCUT2D eigenvalue weighted by Gasteiger charge is -2.41. The third kappa shape index (κ3) is 2.01. The summed E-state index contributed by atoms with van der Waals surface area (Å²) in [6, 6.07) is 10.6. The van der Waals surface area contributed by atoms with Crippen molar-refractivity contribution < 1.29 is 5.11 Å². The highest BCUT2D eigenvalue weighted by molar-refractivity contribution is 5.27. The molecule has 1 N–H and O–H groups in total. The summed E-state index contributed by atoms with van der Waals surface area (Å²) in [6.07, 6.45) is 6.80. The summed E-state index contributed by atoms with van der Waals surface area (Å²) >= 11 is 0. The van der Waals surface area contributed by atoms with Gasteiger partial charge in [-0.05, 0) is 24.8 Å². The third-order valence-corrected chi connectivity index (χ3v) is 4.12. The first-order chi connectivity index (χ1) is 7.79. The minimum atomic E-state index is -0.185. The largest absolute Gasteiger partial charge is 0.392 e. The Kier molecular flexibility index (Phi) is 3.65. The van der Waals surface area contributed by atoms with Crippen molar-refractivity contribution >= 4 is 0 Å². The zero-order valence-electron chi connectivity index (χ0n) is 10.2. The van der Waals surface area contributed by atoms with Crippen molar-refractivity contribution in [2.24, 2.45) is 0 Å². The second kappa shape index (κ2) is 5.01. The molecule has 1 aliphatic carbocycles. The lowest BCUT2D eigenvalue weighted by Crippen LogP contribution is -2.41. The number of benzene rings is 1. The van der Waals surface area contributed by atoms with E-state index in [1.165, 1.54) is 24.8 Å². The molecule has 1 heteroatoms. The fourth-order valence-corrected chi connectivity index (χ4v) is 3.16. The topological polar surface area (TPSA) is 20.2 Å². The van der Waals surface area contributed by atoms with Crippen molar-refractivity contribution in [2.45, 2.75) is 57.0 Å². The van der Waals surface area contributed by atoms with Crippen LogP contribution >= 0.6 is 0 Å². The van der Waals surface area contributed by atoms with Crippen molar-refractivity contribution in [1.29, 1.82) is 0 Å². The standard InChI is InChI=1S/C15H22O/c1-2-14(16)15(11-7-4-8-12-15)13-9-5-3-6-10-13/h3,5-6,9-10,14,16H,2,4,7-8,11-12H2,1H3/t14-/m0/s1. The summed E-state index contributed by atoms with van der Waals surface area (Å²) in [4.78, 5) is 0. The summed E-state index contributed by atoms with van der Waals surface area (Å²) in [6.45, 7) is 2.09. The predicted octanol–water partition coefficient (Wildman–Crippen LogP) is 3.66. The SMILES string of the molecule is CC[C@H](O)C1(c2ccccc2)CCCCC1. The lowest BCUT2D eigenvalue weighted by atomic mass is 9.65. The predicted molar refractivity (Wildman–Crippen MR) is 67.5 cm³/mol. The molecule has 1 nitrogen and oxygen atoms in total. The molecule has 0 amide bonds. The molecular weight excluding hydrogens is 196 g/mol. The summed E-state index contributed by atoms with van der Waals surface area (Å²) in [5.41, 5.74) is 1.37. The van der Waals surface area contributed by atoms with E-state index in [1.807, 2.05) is 0 Å². The number of aliphatic hydroxyl groups excluding tert-OH is 1. The summed E-state index contributed by atoms with van der Waals surface area (Å²) < 4.78 is 0. The molecule has 1 fully saturated rings. The summed E-state index contributed by atoms with van der Waals surface area (Å²) in [5, 5.41) is 10.4. The molecule has 1 saturated carbocycles. The Morgan fingerprint density at radius 3 is 2.31 bits per heavy atom. The average molecular weight is 218 g/mol. The number of hydrogen-bond acceptors (Lipinski definition) is 1. The molecule has 1 aromatic rings. The Hall–Kier alpha value is -0.820. The maximum atomic E-state index is 10.4. The highest BCUT2D eigenvalue weighted by Gasteiger charge is 2.39. The minimum absolute atomic E-state index is 0.0360. The van der Waals surface area contributed by atoms with Gasteiger partial charge in [0.1, 0.15) is 0 Å². The van der Waals surface area contributed by atoms with Crippen LogP contribution in [0.3, 0.4) is 0 Å². The zero-order valence-corrected chi connectivity index (χ0v) is 10.2. The molecule has 0 aromatic heterocycles. The minimum Gasteiger partial charge on any atom is -0.392 e. The monoisotopic (exact) mass is 218 g/mol. The second-order valence-electron chi connectivity index (χ2n) is 5.01. The van der Waals surface area contributed by atoms with Gasteiger partial charge in [0.05, 0.1) is 6.10 Å². The van der Waals surface area contributed by atoms with E-state index >= 15 is 0 Å². The van der Waals surface area contributed by atoms with Crippen LogP contribution in [0.15, 0.2) is 30.3 Å². The first-order valence-corrected chi connectivity index (χ1v) is 6.53. The van der Waals surface area contributed by atoms with Gasteiger partial charge in [0.2, 0.25) is 0 Å². The van der Waals surface area contributed by atoms with Gasteiger partial charge < -0.3 is 5.11 Å².